The highest BCUT2D eigenvalue weighted by Crippen LogP contribution is 2.34. The highest BCUT2D eigenvalue weighted by atomic mass is 15.4. The quantitative estimate of drug-likeness (QED) is 0.940. The molecular weight excluding hydrogens is 260 g/mol. The first-order chi connectivity index (χ1) is 10.2. The van der Waals surface area contributed by atoms with Gasteiger partial charge in [0.15, 0.2) is 0 Å². The van der Waals surface area contributed by atoms with Gasteiger partial charge in [-0.3, -0.25) is 0 Å². The van der Waals surface area contributed by atoms with Crippen LogP contribution in [0.15, 0.2) is 18.2 Å². The second kappa shape index (κ2) is 5.98. The number of hydrogen-bond acceptors (Lipinski definition) is 3. The van der Waals surface area contributed by atoms with Crippen LogP contribution in [0, 0.1) is 13.8 Å². The smallest absolute Gasteiger partial charge is 0.100 e. The maximum absolute atomic E-state index is 5.89. The molecule has 0 spiro atoms. The fourth-order valence-corrected chi connectivity index (χ4v) is 3.30. The average molecular weight is 284 g/mol. The van der Waals surface area contributed by atoms with E-state index in [1.807, 2.05) is 4.68 Å². The van der Waals surface area contributed by atoms with Gasteiger partial charge < -0.3 is 5.73 Å². The van der Waals surface area contributed by atoms with E-state index < -0.39 is 0 Å². The van der Waals surface area contributed by atoms with Crippen LogP contribution < -0.4 is 5.73 Å². The standard InChI is InChI=1S/C17H24N4/c1-12-8-9-15(10-13(12)2)21-17(16(11-18)19-20-21)14-6-4-3-5-7-14/h8-10,14H,3-7,11,18H2,1-2H3. The zero-order valence-electron chi connectivity index (χ0n) is 13.0. The predicted molar refractivity (Wildman–Crippen MR) is 84.6 cm³/mol. The van der Waals surface area contributed by atoms with Crippen molar-refractivity contribution < 1.29 is 0 Å². The maximum atomic E-state index is 5.89. The molecule has 1 fully saturated rings. The molecule has 112 valence electrons. The lowest BCUT2D eigenvalue weighted by Crippen LogP contribution is -2.14. The number of aryl methyl sites for hydroxylation is 2. The molecule has 1 aliphatic rings. The Labute approximate surface area is 126 Å². The van der Waals surface area contributed by atoms with Crippen LogP contribution in [0.5, 0.6) is 0 Å². The first-order valence-corrected chi connectivity index (χ1v) is 7.93. The van der Waals surface area contributed by atoms with Gasteiger partial charge in [-0.25, -0.2) is 4.68 Å². The minimum absolute atomic E-state index is 0.469. The number of hydrogen-bond donors (Lipinski definition) is 1. The number of benzene rings is 1. The monoisotopic (exact) mass is 284 g/mol. The third-order valence-corrected chi connectivity index (χ3v) is 4.70. The number of rotatable bonds is 3. The van der Waals surface area contributed by atoms with Crippen LogP contribution in [0.2, 0.25) is 0 Å². The summed E-state index contributed by atoms with van der Waals surface area (Å²) in [5, 5.41) is 8.72. The summed E-state index contributed by atoms with van der Waals surface area (Å²) in [7, 11) is 0. The van der Waals surface area contributed by atoms with E-state index in [4.69, 9.17) is 5.73 Å². The van der Waals surface area contributed by atoms with Gasteiger partial charge in [-0.2, -0.15) is 0 Å². The zero-order chi connectivity index (χ0) is 14.8. The molecule has 0 atom stereocenters. The fourth-order valence-electron chi connectivity index (χ4n) is 3.30. The lowest BCUT2D eigenvalue weighted by atomic mass is 9.86. The summed E-state index contributed by atoms with van der Waals surface area (Å²) in [5.41, 5.74) is 11.8. The third kappa shape index (κ3) is 2.72. The lowest BCUT2D eigenvalue weighted by molar-refractivity contribution is 0.428. The molecule has 1 aliphatic carbocycles. The largest absolute Gasteiger partial charge is 0.325 e. The Bertz CT molecular complexity index is 624. The molecule has 0 amide bonds. The Morgan fingerprint density at radius 1 is 1.14 bits per heavy atom. The molecule has 0 radical (unpaired) electrons. The SMILES string of the molecule is Cc1ccc(-n2nnc(CN)c2C2CCCCC2)cc1C. The van der Waals surface area contributed by atoms with Crippen molar-refractivity contribution in [2.24, 2.45) is 5.73 Å². The summed E-state index contributed by atoms with van der Waals surface area (Å²) >= 11 is 0. The molecule has 0 unspecified atom stereocenters. The van der Waals surface area contributed by atoms with Gasteiger partial charge in [0, 0.05) is 12.5 Å². The van der Waals surface area contributed by atoms with Crippen LogP contribution in [-0.2, 0) is 6.54 Å². The van der Waals surface area contributed by atoms with Crippen LogP contribution in [0.1, 0.15) is 60.5 Å². The van der Waals surface area contributed by atoms with Crippen molar-refractivity contribution in [3.8, 4) is 5.69 Å². The molecule has 1 aromatic carbocycles. The van der Waals surface area contributed by atoms with Crippen LogP contribution in [-0.4, -0.2) is 15.0 Å². The van der Waals surface area contributed by atoms with E-state index in [1.54, 1.807) is 0 Å². The Balaban J connectivity index is 2.05. The minimum atomic E-state index is 0.469. The van der Waals surface area contributed by atoms with Gasteiger partial charge >= 0.3 is 0 Å². The lowest BCUT2D eigenvalue weighted by Gasteiger charge is -2.23. The number of nitrogens with two attached hydrogens (primary N) is 1. The minimum Gasteiger partial charge on any atom is -0.325 e. The van der Waals surface area contributed by atoms with Crippen LogP contribution in [0.25, 0.3) is 5.69 Å². The van der Waals surface area contributed by atoms with Gasteiger partial charge in [-0.1, -0.05) is 30.5 Å². The van der Waals surface area contributed by atoms with Crippen LogP contribution in [0.4, 0.5) is 0 Å². The first-order valence-electron chi connectivity index (χ1n) is 7.93. The van der Waals surface area contributed by atoms with Crippen molar-refractivity contribution >= 4 is 0 Å². The van der Waals surface area contributed by atoms with E-state index >= 15 is 0 Å². The van der Waals surface area contributed by atoms with Gasteiger partial charge in [0.05, 0.1) is 11.4 Å². The van der Waals surface area contributed by atoms with Gasteiger partial charge in [0.2, 0.25) is 0 Å². The highest BCUT2D eigenvalue weighted by Gasteiger charge is 2.24. The second-order valence-electron chi connectivity index (χ2n) is 6.14. The van der Waals surface area contributed by atoms with Crippen molar-refractivity contribution in [2.75, 3.05) is 0 Å². The normalized spacial score (nSPS) is 16.3. The Morgan fingerprint density at radius 3 is 2.57 bits per heavy atom. The van der Waals surface area contributed by atoms with Crippen molar-refractivity contribution in [1.29, 1.82) is 0 Å². The Hall–Kier alpha value is -1.68. The fraction of sp³-hybridized carbons (Fsp3) is 0.529. The molecule has 2 aromatic rings. The molecule has 4 nitrogen and oxygen atoms in total. The second-order valence-corrected chi connectivity index (χ2v) is 6.14. The van der Waals surface area contributed by atoms with Gasteiger partial charge in [-0.05, 0) is 49.9 Å². The molecular formula is C17H24N4. The summed E-state index contributed by atoms with van der Waals surface area (Å²) in [5.74, 6) is 0.550. The molecule has 3 rings (SSSR count). The highest BCUT2D eigenvalue weighted by molar-refractivity contribution is 5.41. The molecule has 21 heavy (non-hydrogen) atoms. The summed E-state index contributed by atoms with van der Waals surface area (Å²) < 4.78 is 2.02. The van der Waals surface area contributed by atoms with Gasteiger partial charge in [0.25, 0.3) is 0 Å². The van der Waals surface area contributed by atoms with Crippen molar-refractivity contribution in [1.82, 2.24) is 15.0 Å². The topological polar surface area (TPSA) is 56.7 Å². The van der Waals surface area contributed by atoms with E-state index in [0.29, 0.717) is 12.5 Å². The Morgan fingerprint density at radius 2 is 1.90 bits per heavy atom. The van der Waals surface area contributed by atoms with Crippen LogP contribution >= 0.6 is 0 Å². The Kier molecular flexibility index (Phi) is 4.06. The van der Waals surface area contributed by atoms with E-state index in [-0.39, 0.29) is 0 Å². The third-order valence-electron chi connectivity index (χ3n) is 4.70. The molecule has 0 aliphatic heterocycles. The molecule has 2 N–H and O–H groups in total. The molecule has 1 heterocycles. The van der Waals surface area contributed by atoms with E-state index in [1.165, 1.54) is 48.9 Å². The van der Waals surface area contributed by atoms with Crippen molar-refractivity contribution in [3.05, 3.63) is 40.7 Å². The molecule has 0 bridgehead atoms. The van der Waals surface area contributed by atoms with Crippen molar-refractivity contribution in [2.45, 2.75) is 58.4 Å². The predicted octanol–water partition coefficient (Wildman–Crippen LogP) is 3.39. The average Bonchev–Trinajstić information content (AvgIpc) is 2.95. The molecule has 4 heteroatoms. The van der Waals surface area contributed by atoms with Crippen LogP contribution in [0.3, 0.4) is 0 Å². The summed E-state index contributed by atoms with van der Waals surface area (Å²) in [6, 6.07) is 6.47. The molecule has 0 saturated heterocycles. The molecule has 1 saturated carbocycles. The summed E-state index contributed by atoms with van der Waals surface area (Å²) in [6.07, 6.45) is 6.40. The van der Waals surface area contributed by atoms with E-state index in [9.17, 15) is 0 Å². The zero-order valence-corrected chi connectivity index (χ0v) is 13.0. The van der Waals surface area contributed by atoms with E-state index in [2.05, 4.69) is 42.4 Å². The summed E-state index contributed by atoms with van der Waals surface area (Å²) in [6.45, 7) is 4.74. The van der Waals surface area contributed by atoms with Crippen molar-refractivity contribution in [3.63, 3.8) is 0 Å². The maximum Gasteiger partial charge on any atom is 0.100 e. The van der Waals surface area contributed by atoms with Gasteiger partial charge in [-0.15, -0.1) is 5.10 Å². The first kappa shape index (κ1) is 14.3. The molecule has 1 aromatic heterocycles. The number of aromatic nitrogens is 3. The summed E-state index contributed by atoms with van der Waals surface area (Å²) in [4.78, 5) is 0. The van der Waals surface area contributed by atoms with E-state index in [0.717, 1.165) is 11.4 Å². The number of nitrogens with zero attached hydrogens (tertiary/aromatic N) is 3. The van der Waals surface area contributed by atoms with Gasteiger partial charge in [0.1, 0.15) is 5.69 Å².